The summed E-state index contributed by atoms with van der Waals surface area (Å²) in [5, 5.41) is 10.3. The van der Waals surface area contributed by atoms with E-state index in [0.29, 0.717) is 17.7 Å². The average molecular weight is 425 g/mol. The van der Waals surface area contributed by atoms with Crippen molar-refractivity contribution in [1.82, 2.24) is 4.90 Å². The Kier molecular flexibility index (Phi) is 7.09. The van der Waals surface area contributed by atoms with Crippen molar-refractivity contribution in [1.29, 1.82) is 0 Å². The quantitative estimate of drug-likeness (QED) is 0.573. The van der Waals surface area contributed by atoms with Gasteiger partial charge in [-0.25, -0.2) is 22.8 Å². The van der Waals surface area contributed by atoms with Gasteiger partial charge in [-0.3, -0.25) is 0 Å². The molecule has 0 saturated heterocycles. The molecule has 30 heavy (non-hydrogen) atoms. The molecule has 0 bridgehead atoms. The SMILES string of the molecule is CN(CC(O)c1ccc(OC(=O)c2c(F)cc(F)cc2F)cc1)C(=O)OC(C)(C)C. The maximum Gasteiger partial charge on any atom is 0.410 e. The first kappa shape index (κ1) is 23.2. The Morgan fingerprint density at radius 3 is 2.10 bits per heavy atom. The first-order chi connectivity index (χ1) is 13.9. The number of carbonyl (C=O) groups is 2. The van der Waals surface area contributed by atoms with E-state index in [1.165, 1.54) is 36.2 Å². The van der Waals surface area contributed by atoms with Gasteiger partial charge < -0.3 is 19.5 Å². The summed E-state index contributed by atoms with van der Waals surface area (Å²) >= 11 is 0. The highest BCUT2D eigenvalue weighted by molar-refractivity contribution is 5.91. The molecule has 0 saturated carbocycles. The van der Waals surface area contributed by atoms with E-state index in [1.807, 2.05) is 0 Å². The molecule has 1 unspecified atom stereocenters. The number of hydrogen-bond donors (Lipinski definition) is 1. The lowest BCUT2D eigenvalue weighted by atomic mass is 10.1. The summed E-state index contributed by atoms with van der Waals surface area (Å²) in [6.07, 6.45) is -1.66. The standard InChI is InChI=1S/C21H22F3NO5/c1-21(2,3)30-20(28)25(4)11-17(26)12-5-7-14(8-6-12)29-19(27)18-15(23)9-13(22)10-16(18)24/h5-10,17,26H,11H2,1-4H3. The zero-order chi connectivity index (χ0) is 22.6. The van der Waals surface area contributed by atoms with Crippen molar-refractivity contribution in [2.24, 2.45) is 0 Å². The maximum absolute atomic E-state index is 13.7. The predicted molar refractivity (Wildman–Crippen MR) is 102 cm³/mol. The van der Waals surface area contributed by atoms with Crippen LogP contribution in [-0.2, 0) is 4.74 Å². The fraction of sp³-hybridized carbons (Fsp3) is 0.333. The van der Waals surface area contributed by atoms with Gasteiger partial charge in [-0.15, -0.1) is 0 Å². The van der Waals surface area contributed by atoms with Crippen LogP contribution in [-0.4, -0.2) is 41.3 Å². The van der Waals surface area contributed by atoms with Gasteiger partial charge in [0.1, 0.15) is 34.4 Å². The van der Waals surface area contributed by atoms with Crippen LogP contribution in [0.2, 0.25) is 0 Å². The number of rotatable bonds is 5. The first-order valence-corrected chi connectivity index (χ1v) is 8.96. The number of hydrogen-bond acceptors (Lipinski definition) is 5. The number of likely N-dealkylation sites (N-methyl/N-ethyl adjacent to an activating group) is 1. The monoisotopic (exact) mass is 425 g/mol. The third kappa shape index (κ3) is 6.21. The number of aliphatic hydroxyl groups is 1. The van der Waals surface area contributed by atoms with Crippen molar-refractivity contribution in [2.75, 3.05) is 13.6 Å². The third-order valence-corrected chi connectivity index (χ3v) is 3.84. The topological polar surface area (TPSA) is 76.1 Å². The number of ether oxygens (including phenoxy) is 2. The molecule has 1 atom stereocenters. The molecule has 2 aromatic rings. The van der Waals surface area contributed by atoms with Gasteiger partial charge in [0.15, 0.2) is 0 Å². The Bertz CT molecular complexity index is 902. The molecular weight excluding hydrogens is 403 g/mol. The van der Waals surface area contributed by atoms with Crippen LogP contribution in [0.4, 0.5) is 18.0 Å². The second-order valence-electron chi connectivity index (χ2n) is 7.58. The molecule has 0 aromatic heterocycles. The molecular formula is C21H22F3NO5. The third-order valence-electron chi connectivity index (χ3n) is 3.84. The molecule has 0 aliphatic carbocycles. The molecule has 2 rings (SSSR count). The van der Waals surface area contributed by atoms with Gasteiger partial charge in [-0.1, -0.05) is 12.1 Å². The molecule has 0 heterocycles. The number of amides is 1. The summed E-state index contributed by atoms with van der Waals surface area (Å²) in [7, 11) is 1.47. The van der Waals surface area contributed by atoms with Gasteiger partial charge in [0.25, 0.3) is 0 Å². The van der Waals surface area contributed by atoms with Crippen molar-refractivity contribution in [3.63, 3.8) is 0 Å². The van der Waals surface area contributed by atoms with Crippen LogP contribution in [0.1, 0.15) is 42.8 Å². The Morgan fingerprint density at radius 1 is 1.07 bits per heavy atom. The minimum Gasteiger partial charge on any atom is -0.444 e. The Hall–Kier alpha value is -3.07. The van der Waals surface area contributed by atoms with E-state index in [9.17, 15) is 27.9 Å². The summed E-state index contributed by atoms with van der Waals surface area (Å²) in [6.45, 7) is 5.11. The zero-order valence-corrected chi connectivity index (χ0v) is 16.9. The second kappa shape index (κ2) is 9.17. The minimum atomic E-state index is -1.38. The predicted octanol–water partition coefficient (Wildman–Crippen LogP) is 4.22. The van der Waals surface area contributed by atoms with Crippen LogP contribution in [0.15, 0.2) is 36.4 Å². The normalized spacial score (nSPS) is 12.3. The molecule has 9 heteroatoms. The van der Waals surface area contributed by atoms with Gasteiger partial charge in [-0.2, -0.15) is 0 Å². The van der Waals surface area contributed by atoms with E-state index in [0.717, 1.165) is 0 Å². The summed E-state index contributed by atoms with van der Waals surface area (Å²) in [5.41, 5.74) is -1.28. The van der Waals surface area contributed by atoms with Crippen molar-refractivity contribution in [3.8, 4) is 5.75 Å². The van der Waals surface area contributed by atoms with E-state index in [4.69, 9.17) is 9.47 Å². The molecule has 0 aliphatic rings. The Labute approximate surface area is 171 Å². The highest BCUT2D eigenvalue weighted by Gasteiger charge is 2.23. The molecule has 6 nitrogen and oxygen atoms in total. The van der Waals surface area contributed by atoms with Crippen LogP contribution in [0, 0.1) is 17.5 Å². The van der Waals surface area contributed by atoms with Gasteiger partial charge in [-0.05, 0) is 38.5 Å². The summed E-state index contributed by atoms with van der Waals surface area (Å²) < 4.78 is 50.4. The molecule has 162 valence electrons. The summed E-state index contributed by atoms with van der Waals surface area (Å²) in [6, 6.07) is 6.22. The van der Waals surface area contributed by atoms with Crippen LogP contribution >= 0.6 is 0 Å². The molecule has 0 spiro atoms. The van der Waals surface area contributed by atoms with Gasteiger partial charge in [0, 0.05) is 19.2 Å². The van der Waals surface area contributed by atoms with Crippen LogP contribution in [0.25, 0.3) is 0 Å². The fourth-order valence-electron chi connectivity index (χ4n) is 2.43. The number of aliphatic hydroxyl groups excluding tert-OH is 1. The number of esters is 1. The Balaban J connectivity index is 2.03. The highest BCUT2D eigenvalue weighted by Crippen LogP contribution is 2.22. The van der Waals surface area contributed by atoms with E-state index in [2.05, 4.69) is 0 Å². The maximum atomic E-state index is 13.7. The average Bonchev–Trinajstić information content (AvgIpc) is 2.59. The lowest BCUT2D eigenvalue weighted by Gasteiger charge is -2.26. The van der Waals surface area contributed by atoms with Crippen molar-refractivity contribution < 1.29 is 37.3 Å². The van der Waals surface area contributed by atoms with E-state index >= 15 is 0 Å². The molecule has 2 aromatic carbocycles. The van der Waals surface area contributed by atoms with Crippen LogP contribution in [0.5, 0.6) is 5.75 Å². The van der Waals surface area contributed by atoms with Crippen molar-refractivity contribution in [2.45, 2.75) is 32.5 Å². The summed E-state index contributed by atoms with van der Waals surface area (Å²) in [5.74, 6) is -5.29. The Morgan fingerprint density at radius 2 is 1.60 bits per heavy atom. The molecule has 0 radical (unpaired) electrons. The van der Waals surface area contributed by atoms with Gasteiger partial charge in [0.05, 0.1) is 12.6 Å². The van der Waals surface area contributed by atoms with Crippen LogP contribution in [0.3, 0.4) is 0 Å². The molecule has 0 aliphatic heterocycles. The summed E-state index contributed by atoms with van der Waals surface area (Å²) in [4.78, 5) is 25.2. The molecule has 0 fully saturated rings. The number of nitrogens with zero attached hydrogens (tertiary/aromatic N) is 1. The van der Waals surface area contributed by atoms with E-state index < -0.39 is 46.8 Å². The molecule has 1 amide bonds. The fourth-order valence-corrected chi connectivity index (χ4v) is 2.43. The lowest BCUT2D eigenvalue weighted by molar-refractivity contribution is 0.0205. The first-order valence-electron chi connectivity index (χ1n) is 8.96. The largest absolute Gasteiger partial charge is 0.444 e. The second-order valence-corrected chi connectivity index (χ2v) is 7.58. The molecule has 1 N–H and O–H groups in total. The van der Waals surface area contributed by atoms with Crippen LogP contribution < -0.4 is 4.74 Å². The van der Waals surface area contributed by atoms with Crippen molar-refractivity contribution >= 4 is 12.1 Å². The number of carbonyl (C=O) groups excluding carboxylic acids is 2. The number of halogens is 3. The van der Waals surface area contributed by atoms with Gasteiger partial charge in [0.2, 0.25) is 0 Å². The minimum absolute atomic E-state index is 0.0421. The smallest absolute Gasteiger partial charge is 0.410 e. The zero-order valence-electron chi connectivity index (χ0n) is 16.9. The van der Waals surface area contributed by atoms with Gasteiger partial charge >= 0.3 is 12.1 Å². The van der Waals surface area contributed by atoms with Crippen molar-refractivity contribution in [3.05, 3.63) is 65.0 Å². The lowest BCUT2D eigenvalue weighted by Crippen LogP contribution is -2.36. The van der Waals surface area contributed by atoms with E-state index in [1.54, 1.807) is 20.8 Å². The highest BCUT2D eigenvalue weighted by atomic mass is 19.1. The number of benzene rings is 2. The van der Waals surface area contributed by atoms with E-state index in [-0.39, 0.29) is 12.3 Å².